The number of aliphatic hydroxyl groups is 1. The number of carbonyl (C=O) groups is 1. The molecule has 4 aliphatic carbocycles. The molecule has 1 N–H and O–H groups in total. The molecule has 22 heavy (non-hydrogen) atoms. The number of hydrogen-bond donors (Lipinski definition) is 1. The third-order valence-corrected chi connectivity index (χ3v) is 8.37. The maximum Gasteiger partial charge on any atom is 0.155 e. The van der Waals surface area contributed by atoms with Gasteiger partial charge in [0.25, 0.3) is 0 Å². The summed E-state index contributed by atoms with van der Waals surface area (Å²) in [7, 11) is 0. The summed E-state index contributed by atoms with van der Waals surface area (Å²) in [6.07, 6.45) is 10.6. The summed E-state index contributed by atoms with van der Waals surface area (Å²) >= 11 is 0. The Bertz CT molecular complexity index is 524. The molecule has 0 bridgehead atoms. The number of allylic oxidation sites excluding steroid dienone is 2. The van der Waals surface area contributed by atoms with E-state index in [9.17, 15) is 9.90 Å². The standard InChI is InChI=1S/C20H30O2/c1-12-10-14-15-4-5-18(22)20(15,3)9-7-16(14)19(2)8-6-13(21)11-17(12)19/h6,8,12,14-18,22H,4-5,7,9-11H2,1-3H3/t12-,14+,15+,16+,17-,18+,19-,20+/m1/s1. The number of ketones is 1. The van der Waals surface area contributed by atoms with Crippen LogP contribution in [0.3, 0.4) is 0 Å². The normalized spacial score (nSPS) is 57.2. The SMILES string of the molecule is C[C@@H]1C[C@@H]2[C@H](CC[C@]3(C)[C@@H](O)CC[C@@H]23)[C@@]2(C)C=CC(=O)C[C@H]12. The van der Waals surface area contributed by atoms with E-state index in [-0.39, 0.29) is 16.9 Å². The van der Waals surface area contributed by atoms with E-state index in [1.165, 1.54) is 25.7 Å². The molecule has 0 amide bonds. The molecule has 0 unspecified atom stereocenters. The van der Waals surface area contributed by atoms with Crippen LogP contribution in [0.25, 0.3) is 0 Å². The zero-order valence-electron chi connectivity index (χ0n) is 14.2. The van der Waals surface area contributed by atoms with E-state index >= 15 is 0 Å². The van der Waals surface area contributed by atoms with Crippen LogP contribution < -0.4 is 0 Å². The van der Waals surface area contributed by atoms with Crippen molar-refractivity contribution in [2.45, 2.75) is 65.4 Å². The zero-order chi connectivity index (χ0) is 15.7. The predicted molar refractivity (Wildman–Crippen MR) is 87.2 cm³/mol. The first kappa shape index (κ1) is 14.9. The predicted octanol–water partition coefficient (Wildman–Crippen LogP) is 3.98. The van der Waals surface area contributed by atoms with Gasteiger partial charge in [0.2, 0.25) is 0 Å². The van der Waals surface area contributed by atoms with Crippen LogP contribution in [-0.4, -0.2) is 17.0 Å². The van der Waals surface area contributed by atoms with E-state index < -0.39 is 0 Å². The van der Waals surface area contributed by atoms with Gasteiger partial charge >= 0.3 is 0 Å². The molecule has 4 aliphatic rings. The fourth-order valence-electron chi connectivity index (χ4n) is 7.07. The first-order valence-corrected chi connectivity index (χ1v) is 9.26. The molecule has 0 aliphatic heterocycles. The molecule has 0 aromatic rings. The minimum Gasteiger partial charge on any atom is -0.393 e. The Morgan fingerprint density at radius 3 is 2.68 bits per heavy atom. The fourth-order valence-corrected chi connectivity index (χ4v) is 7.07. The van der Waals surface area contributed by atoms with Gasteiger partial charge in [-0.1, -0.05) is 26.8 Å². The molecule has 2 heteroatoms. The smallest absolute Gasteiger partial charge is 0.155 e. The third-order valence-electron chi connectivity index (χ3n) is 8.37. The molecule has 0 saturated heterocycles. The summed E-state index contributed by atoms with van der Waals surface area (Å²) in [6.45, 7) is 7.12. The minimum atomic E-state index is -0.0947. The first-order valence-electron chi connectivity index (χ1n) is 9.26. The quantitative estimate of drug-likeness (QED) is 0.735. The van der Waals surface area contributed by atoms with E-state index in [1.54, 1.807) is 0 Å². The van der Waals surface area contributed by atoms with Gasteiger partial charge in [0.15, 0.2) is 5.78 Å². The molecule has 2 nitrogen and oxygen atoms in total. The van der Waals surface area contributed by atoms with Crippen molar-refractivity contribution in [2.75, 3.05) is 0 Å². The van der Waals surface area contributed by atoms with E-state index in [0.29, 0.717) is 29.5 Å². The van der Waals surface area contributed by atoms with Crippen LogP contribution in [0.5, 0.6) is 0 Å². The summed E-state index contributed by atoms with van der Waals surface area (Å²) < 4.78 is 0. The molecule has 0 spiro atoms. The number of hydrogen-bond acceptors (Lipinski definition) is 2. The van der Waals surface area contributed by atoms with Gasteiger partial charge in [-0.15, -0.1) is 0 Å². The summed E-state index contributed by atoms with van der Waals surface area (Å²) in [5, 5.41) is 10.5. The van der Waals surface area contributed by atoms with Crippen molar-refractivity contribution < 1.29 is 9.90 Å². The molecule has 122 valence electrons. The zero-order valence-corrected chi connectivity index (χ0v) is 14.2. The Morgan fingerprint density at radius 1 is 1.14 bits per heavy atom. The molecule has 3 saturated carbocycles. The molecule has 0 aromatic heterocycles. The Morgan fingerprint density at radius 2 is 1.91 bits per heavy atom. The number of fused-ring (bicyclic) bond motifs is 5. The van der Waals surface area contributed by atoms with Crippen LogP contribution in [0.1, 0.15) is 59.3 Å². The topological polar surface area (TPSA) is 37.3 Å². The number of aliphatic hydroxyl groups excluding tert-OH is 1. The minimum absolute atomic E-state index is 0.0947. The van der Waals surface area contributed by atoms with Crippen LogP contribution in [0.2, 0.25) is 0 Å². The van der Waals surface area contributed by atoms with Crippen molar-refractivity contribution in [3.05, 3.63) is 12.2 Å². The van der Waals surface area contributed by atoms with Crippen LogP contribution in [-0.2, 0) is 4.79 Å². The van der Waals surface area contributed by atoms with Gasteiger partial charge in [-0.05, 0) is 78.6 Å². The summed E-state index contributed by atoms with van der Waals surface area (Å²) in [4.78, 5) is 11.9. The lowest BCUT2D eigenvalue weighted by atomic mass is 9.44. The lowest BCUT2D eigenvalue weighted by Gasteiger charge is -2.60. The Hall–Kier alpha value is -0.630. The van der Waals surface area contributed by atoms with Crippen molar-refractivity contribution in [1.82, 2.24) is 0 Å². The maximum atomic E-state index is 11.9. The average molecular weight is 302 g/mol. The largest absolute Gasteiger partial charge is 0.393 e. The highest BCUT2D eigenvalue weighted by Gasteiger charge is 2.60. The lowest BCUT2D eigenvalue weighted by molar-refractivity contribution is -0.130. The highest BCUT2D eigenvalue weighted by Crippen LogP contribution is 2.66. The van der Waals surface area contributed by atoms with Crippen LogP contribution >= 0.6 is 0 Å². The van der Waals surface area contributed by atoms with Gasteiger partial charge in [0.05, 0.1) is 6.10 Å². The van der Waals surface area contributed by atoms with Crippen molar-refractivity contribution in [2.24, 2.45) is 40.4 Å². The monoisotopic (exact) mass is 302 g/mol. The van der Waals surface area contributed by atoms with E-state index in [0.717, 1.165) is 18.8 Å². The first-order chi connectivity index (χ1) is 10.4. The second kappa shape index (κ2) is 4.69. The summed E-state index contributed by atoms with van der Waals surface area (Å²) in [5.74, 6) is 3.62. The van der Waals surface area contributed by atoms with Gasteiger partial charge in [-0.3, -0.25) is 4.79 Å². The average Bonchev–Trinajstić information content (AvgIpc) is 2.77. The molecule has 3 fully saturated rings. The fraction of sp³-hybridized carbons (Fsp3) is 0.850. The lowest BCUT2D eigenvalue weighted by Crippen LogP contribution is -2.55. The molecule has 0 aromatic carbocycles. The second-order valence-corrected chi connectivity index (χ2v) is 9.20. The van der Waals surface area contributed by atoms with E-state index in [4.69, 9.17) is 0 Å². The van der Waals surface area contributed by atoms with Crippen molar-refractivity contribution in [3.8, 4) is 0 Å². The second-order valence-electron chi connectivity index (χ2n) is 9.20. The molecular weight excluding hydrogens is 272 g/mol. The van der Waals surface area contributed by atoms with Gasteiger partial charge in [0, 0.05) is 6.42 Å². The Labute approximate surface area is 134 Å². The van der Waals surface area contributed by atoms with Crippen LogP contribution in [0.4, 0.5) is 0 Å². The maximum absolute atomic E-state index is 11.9. The number of rotatable bonds is 0. The van der Waals surface area contributed by atoms with E-state index in [1.807, 2.05) is 6.08 Å². The summed E-state index contributed by atoms with van der Waals surface area (Å²) in [5.41, 5.74) is 0.351. The van der Waals surface area contributed by atoms with Crippen LogP contribution in [0.15, 0.2) is 12.2 Å². The highest BCUT2D eigenvalue weighted by molar-refractivity contribution is 5.91. The molecule has 4 rings (SSSR count). The summed E-state index contributed by atoms with van der Waals surface area (Å²) in [6, 6.07) is 0. The molecular formula is C20H30O2. The van der Waals surface area contributed by atoms with Gasteiger partial charge in [-0.25, -0.2) is 0 Å². The Balaban J connectivity index is 1.72. The van der Waals surface area contributed by atoms with Gasteiger partial charge < -0.3 is 5.11 Å². The van der Waals surface area contributed by atoms with Gasteiger partial charge in [0.1, 0.15) is 0 Å². The Kier molecular flexibility index (Phi) is 3.18. The molecule has 0 radical (unpaired) electrons. The number of carbonyl (C=O) groups excluding carboxylic acids is 1. The highest BCUT2D eigenvalue weighted by atomic mass is 16.3. The van der Waals surface area contributed by atoms with Crippen molar-refractivity contribution >= 4 is 5.78 Å². The van der Waals surface area contributed by atoms with Gasteiger partial charge in [-0.2, -0.15) is 0 Å². The van der Waals surface area contributed by atoms with Crippen LogP contribution in [0, 0.1) is 40.4 Å². The van der Waals surface area contributed by atoms with Crippen molar-refractivity contribution in [3.63, 3.8) is 0 Å². The molecule has 8 atom stereocenters. The molecule has 0 heterocycles. The van der Waals surface area contributed by atoms with Crippen molar-refractivity contribution in [1.29, 1.82) is 0 Å². The van der Waals surface area contributed by atoms with E-state index in [2.05, 4.69) is 26.8 Å². The third kappa shape index (κ3) is 1.79.